The number of nitrogens with one attached hydrogen (secondary N) is 1. The number of carbonyl (C=O) groups excluding carboxylic acids is 1. The van der Waals surface area contributed by atoms with Crippen LogP contribution < -0.4 is 5.32 Å². The van der Waals surface area contributed by atoms with Crippen LogP contribution in [0.15, 0.2) is 41.4 Å². The van der Waals surface area contributed by atoms with Gasteiger partial charge < -0.3 is 5.32 Å². The fourth-order valence-corrected chi connectivity index (χ4v) is 2.00. The second-order valence-electron chi connectivity index (χ2n) is 3.02. The summed E-state index contributed by atoms with van der Waals surface area (Å²) in [6.45, 7) is 0.870. The molecule has 0 saturated heterocycles. The zero-order valence-corrected chi connectivity index (χ0v) is 8.51. The number of rotatable bonds is 2. The Balaban J connectivity index is 2.20. The maximum absolute atomic E-state index is 11.9. The van der Waals surface area contributed by atoms with E-state index in [1.807, 2.05) is 35.7 Å². The molecule has 1 aromatic carbocycles. The Morgan fingerprint density at radius 2 is 2.07 bits per heavy atom. The Bertz CT molecular complexity index is 359. The number of hydrogen-bond acceptors (Lipinski definition) is 3. The van der Waals surface area contributed by atoms with E-state index in [-0.39, 0.29) is 5.78 Å². The summed E-state index contributed by atoms with van der Waals surface area (Å²) in [5, 5.41) is 5.01. The molecule has 1 heterocycles. The van der Waals surface area contributed by atoms with Gasteiger partial charge in [-0.05, 0) is 5.41 Å². The lowest BCUT2D eigenvalue weighted by atomic mass is 10.1. The molecule has 1 aliphatic heterocycles. The number of hydrogen-bond donors (Lipinski definition) is 1. The molecule has 1 aliphatic rings. The number of carbonyl (C=O) groups is 1. The lowest BCUT2D eigenvalue weighted by molar-refractivity contribution is 0.102. The van der Waals surface area contributed by atoms with Gasteiger partial charge in [0.05, 0.1) is 5.70 Å². The Morgan fingerprint density at radius 1 is 1.29 bits per heavy atom. The molecule has 14 heavy (non-hydrogen) atoms. The molecule has 0 radical (unpaired) electrons. The number of benzene rings is 1. The summed E-state index contributed by atoms with van der Waals surface area (Å²) in [7, 11) is 0. The largest absolute Gasteiger partial charge is 0.381 e. The van der Waals surface area contributed by atoms with Crippen LogP contribution in [0.5, 0.6) is 0 Å². The van der Waals surface area contributed by atoms with Crippen molar-refractivity contribution in [3.8, 4) is 0 Å². The maximum atomic E-state index is 11.9. The minimum atomic E-state index is 0.0813. The predicted octanol–water partition coefficient (Wildman–Crippen LogP) is 2.05. The van der Waals surface area contributed by atoms with Gasteiger partial charge in [-0.1, -0.05) is 30.3 Å². The van der Waals surface area contributed by atoms with E-state index in [1.165, 1.54) is 0 Å². The standard InChI is InChI=1S/C11H11NOS/c13-11(9-4-2-1-3-5-9)10-8-14-7-6-12-10/h1-5,8,12H,6-7H2. The van der Waals surface area contributed by atoms with Crippen molar-refractivity contribution in [3.05, 3.63) is 47.0 Å². The van der Waals surface area contributed by atoms with E-state index in [0.717, 1.165) is 17.9 Å². The van der Waals surface area contributed by atoms with Crippen molar-refractivity contribution in [1.82, 2.24) is 5.32 Å². The lowest BCUT2D eigenvalue weighted by Crippen LogP contribution is -2.25. The van der Waals surface area contributed by atoms with Crippen molar-refractivity contribution in [2.75, 3.05) is 12.3 Å². The van der Waals surface area contributed by atoms with E-state index in [1.54, 1.807) is 11.8 Å². The highest BCUT2D eigenvalue weighted by Crippen LogP contribution is 2.14. The van der Waals surface area contributed by atoms with E-state index in [0.29, 0.717) is 5.70 Å². The van der Waals surface area contributed by atoms with Crippen LogP contribution in [-0.2, 0) is 0 Å². The number of thioether (sulfide) groups is 1. The van der Waals surface area contributed by atoms with Crippen molar-refractivity contribution in [1.29, 1.82) is 0 Å². The number of allylic oxidation sites excluding steroid dienone is 1. The molecule has 0 aromatic heterocycles. The monoisotopic (exact) mass is 205 g/mol. The van der Waals surface area contributed by atoms with Gasteiger partial charge in [-0.25, -0.2) is 0 Å². The third kappa shape index (κ3) is 1.99. The first-order valence-corrected chi connectivity index (χ1v) is 5.58. The summed E-state index contributed by atoms with van der Waals surface area (Å²) in [5.41, 5.74) is 1.46. The SMILES string of the molecule is O=C(C1=CSCCN1)c1ccccc1. The predicted molar refractivity (Wildman–Crippen MR) is 59.3 cm³/mol. The molecule has 0 atom stereocenters. The highest BCUT2D eigenvalue weighted by Gasteiger charge is 2.13. The zero-order valence-electron chi connectivity index (χ0n) is 7.69. The van der Waals surface area contributed by atoms with Gasteiger partial charge in [-0.2, -0.15) is 0 Å². The van der Waals surface area contributed by atoms with E-state index in [9.17, 15) is 4.79 Å². The summed E-state index contributed by atoms with van der Waals surface area (Å²) in [6.07, 6.45) is 0. The van der Waals surface area contributed by atoms with Gasteiger partial charge in [-0.15, -0.1) is 11.8 Å². The Morgan fingerprint density at radius 3 is 2.71 bits per heavy atom. The molecule has 2 nitrogen and oxygen atoms in total. The minimum Gasteiger partial charge on any atom is -0.381 e. The van der Waals surface area contributed by atoms with Crippen LogP contribution in [-0.4, -0.2) is 18.1 Å². The molecule has 0 saturated carbocycles. The molecular formula is C11H11NOS. The van der Waals surface area contributed by atoms with Crippen LogP contribution >= 0.6 is 11.8 Å². The molecule has 0 fully saturated rings. The van der Waals surface area contributed by atoms with Crippen molar-refractivity contribution in [2.45, 2.75) is 0 Å². The number of Topliss-reactive ketones (excluding diaryl/α,β-unsaturated/α-hetero) is 1. The highest BCUT2D eigenvalue weighted by atomic mass is 32.2. The van der Waals surface area contributed by atoms with Crippen molar-refractivity contribution >= 4 is 17.5 Å². The van der Waals surface area contributed by atoms with Gasteiger partial charge in [0.15, 0.2) is 0 Å². The molecule has 0 spiro atoms. The summed E-state index contributed by atoms with van der Waals surface area (Å²) >= 11 is 1.68. The molecule has 2 rings (SSSR count). The molecule has 0 amide bonds. The smallest absolute Gasteiger partial charge is 0.209 e. The molecule has 1 aromatic rings. The molecular weight excluding hydrogens is 194 g/mol. The normalized spacial score (nSPS) is 15.6. The fraction of sp³-hybridized carbons (Fsp3) is 0.182. The summed E-state index contributed by atoms with van der Waals surface area (Å²) in [4.78, 5) is 11.9. The second-order valence-corrected chi connectivity index (χ2v) is 4.00. The first-order valence-electron chi connectivity index (χ1n) is 4.53. The van der Waals surface area contributed by atoms with Crippen molar-refractivity contribution in [3.63, 3.8) is 0 Å². The van der Waals surface area contributed by atoms with E-state index < -0.39 is 0 Å². The van der Waals surface area contributed by atoms with Gasteiger partial charge in [0.25, 0.3) is 0 Å². The minimum absolute atomic E-state index is 0.0813. The Kier molecular flexibility index (Phi) is 2.89. The topological polar surface area (TPSA) is 29.1 Å². The van der Waals surface area contributed by atoms with Gasteiger partial charge in [0, 0.05) is 17.9 Å². The van der Waals surface area contributed by atoms with Gasteiger partial charge in [0.1, 0.15) is 0 Å². The molecule has 0 bridgehead atoms. The van der Waals surface area contributed by atoms with Gasteiger partial charge >= 0.3 is 0 Å². The van der Waals surface area contributed by atoms with Crippen LogP contribution in [0.25, 0.3) is 0 Å². The van der Waals surface area contributed by atoms with Crippen LogP contribution in [0, 0.1) is 0 Å². The molecule has 72 valence electrons. The first kappa shape index (κ1) is 9.34. The summed E-state index contributed by atoms with van der Waals surface area (Å²) in [6, 6.07) is 9.34. The molecule has 0 unspecified atom stereocenters. The van der Waals surface area contributed by atoms with Gasteiger partial charge in [0.2, 0.25) is 5.78 Å². The summed E-state index contributed by atoms with van der Waals surface area (Å²) in [5.74, 6) is 1.11. The first-order chi connectivity index (χ1) is 6.88. The van der Waals surface area contributed by atoms with Crippen molar-refractivity contribution in [2.24, 2.45) is 0 Å². The summed E-state index contributed by atoms with van der Waals surface area (Å²) < 4.78 is 0. The van der Waals surface area contributed by atoms with Crippen LogP contribution in [0.3, 0.4) is 0 Å². The average molecular weight is 205 g/mol. The maximum Gasteiger partial charge on any atom is 0.209 e. The third-order valence-electron chi connectivity index (χ3n) is 2.02. The van der Waals surface area contributed by atoms with E-state index in [4.69, 9.17) is 0 Å². The van der Waals surface area contributed by atoms with E-state index in [2.05, 4.69) is 5.32 Å². The lowest BCUT2D eigenvalue weighted by Gasteiger charge is -2.13. The Labute approximate surface area is 87.4 Å². The molecule has 1 N–H and O–H groups in total. The van der Waals surface area contributed by atoms with Crippen molar-refractivity contribution < 1.29 is 4.79 Å². The number of ketones is 1. The van der Waals surface area contributed by atoms with E-state index >= 15 is 0 Å². The third-order valence-corrected chi connectivity index (χ3v) is 2.86. The fourth-order valence-electron chi connectivity index (χ4n) is 1.31. The zero-order chi connectivity index (χ0) is 9.80. The van der Waals surface area contributed by atoms with Gasteiger partial charge in [-0.3, -0.25) is 4.79 Å². The Hall–Kier alpha value is -1.22. The van der Waals surface area contributed by atoms with Crippen LogP contribution in [0.2, 0.25) is 0 Å². The molecule has 0 aliphatic carbocycles. The average Bonchev–Trinajstić information content (AvgIpc) is 2.30. The molecule has 3 heteroatoms. The quantitative estimate of drug-likeness (QED) is 0.749. The van der Waals surface area contributed by atoms with Crippen LogP contribution in [0.4, 0.5) is 0 Å². The highest BCUT2D eigenvalue weighted by molar-refractivity contribution is 8.02. The second kappa shape index (κ2) is 4.33. The van der Waals surface area contributed by atoms with Crippen LogP contribution in [0.1, 0.15) is 10.4 Å².